The number of nitrogens with one attached hydrogen (secondary N) is 1. The summed E-state index contributed by atoms with van der Waals surface area (Å²) in [4.78, 5) is 14.5. The van der Waals surface area contributed by atoms with Gasteiger partial charge in [-0.15, -0.1) is 0 Å². The molecule has 0 amide bonds. The molecule has 0 aliphatic heterocycles. The molecule has 19 heavy (non-hydrogen) atoms. The highest BCUT2D eigenvalue weighted by molar-refractivity contribution is 5.82. The minimum atomic E-state index is -1.33. The Morgan fingerprint density at radius 2 is 2.26 bits per heavy atom. The molecule has 0 spiro atoms. The van der Waals surface area contributed by atoms with Crippen LogP contribution < -0.4 is 5.32 Å². The number of carbonyl (C=O) groups excluding carboxylic acids is 1. The average molecular weight is 266 g/mol. The molecular formula is C12H15FN4O2. The number of esters is 1. The molecule has 102 valence electrons. The van der Waals surface area contributed by atoms with Crippen LogP contribution in [0.15, 0.2) is 29.4 Å². The topological polar surface area (TPSA) is 87.1 Å². The first-order valence-corrected chi connectivity index (χ1v) is 5.65. The third-order valence-corrected chi connectivity index (χ3v) is 2.76. The molecule has 0 aliphatic carbocycles. The van der Waals surface area contributed by atoms with Crippen LogP contribution in [0.25, 0.3) is 10.4 Å². The maximum Gasteiger partial charge on any atom is 0.330 e. The number of benzene rings is 1. The number of rotatable bonds is 6. The number of nitrogens with zero attached hydrogens (tertiary/aromatic N) is 3. The second-order valence-corrected chi connectivity index (χ2v) is 3.98. The number of carbonyl (C=O) groups is 1. The molecule has 1 aromatic rings. The van der Waals surface area contributed by atoms with E-state index in [2.05, 4.69) is 15.3 Å². The number of hydrogen-bond donors (Lipinski definition) is 1. The van der Waals surface area contributed by atoms with Crippen molar-refractivity contribution in [2.45, 2.75) is 12.5 Å². The van der Waals surface area contributed by atoms with Crippen LogP contribution in [0.3, 0.4) is 0 Å². The summed E-state index contributed by atoms with van der Waals surface area (Å²) in [5.41, 5.74) is 7.05. The van der Waals surface area contributed by atoms with Gasteiger partial charge in [-0.25, -0.2) is 9.18 Å². The van der Waals surface area contributed by atoms with Crippen LogP contribution in [0.2, 0.25) is 0 Å². The standard InChI is InChI=1S/C12H15FN4O2/c1-12(11(18)19-2,15-7-8-16-17-14)9-5-3-4-6-10(9)13/h3-6,15H,7-8H2,1-2H3. The van der Waals surface area contributed by atoms with Gasteiger partial charge in [0.15, 0.2) is 0 Å². The van der Waals surface area contributed by atoms with Crippen molar-refractivity contribution in [1.29, 1.82) is 0 Å². The third-order valence-electron chi connectivity index (χ3n) is 2.76. The fraction of sp³-hybridized carbons (Fsp3) is 0.417. The van der Waals surface area contributed by atoms with Crippen LogP contribution in [0.5, 0.6) is 0 Å². The van der Waals surface area contributed by atoms with Gasteiger partial charge in [0, 0.05) is 23.6 Å². The van der Waals surface area contributed by atoms with Gasteiger partial charge >= 0.3 is 5.97 Å². The Labute approximate surface area is 110 Å². The van der Waals surface area contributed by atoms with Gasteiger partial charge in [-0.05, 0) is 18.5 Å². The summed E-state index contributed by atoms with van der Waals surface area (Å²) in [6.07, 6.45) is 0. The summed E-state index contributed by atoms with van der Waals surface area (Å²) in [6.45, 7) is 1.90. The molecular weight excluding hydrogens is 251 g/mol. The summed E-state index contributed by atoms with van der Waals surface area (Å²) in [7, 11) is 1.23. The average Bonchev–Trinajstić information content (AvgIpc) is 2.43. The lowest BCUT2D eigenvalue weighted by atomic mass is 9.91. The van der Waals surface area contributed by atoms with E-state index in [9.17, 15) is 9.18 Å². The van der Waals surface area contributed by atoms with E-state index in [4.69, 9.17) is 10.3 Å². The third kappa shape index (κ3) is 3.43. The van der Waals surface area contributed by atoms with Crippen LogP contribution in [0.1, 0.15) is 12.5 Å². The normalized spacial score (nSPS) is 13.2. The summed E-state index contributed by atoms with van der Waals surface area (Å²) < 4.78 is 18.5. The fourth-order valence-corrected chi connectivity index (χ4v) is 1.75. The molecule has 7 heteroatoms. The Kier molecular flexibility index (Phi) is 5.29. The van der Waals surface area contributed by atoms with Crippen LogP contribution in [-0.4, -0.2) is 26.2 Å². The monoisotopic (exact) mass is 266 g/mol. The quantitative estimate of drug-likeness (QED) is 0.281. The molecule has 0 saturated carbocycles. The Morgan fingerprint density at radius 3 is 2.84 bits per heavy atom. The van der Waals surface area contributed by atoms with Crippen molar-refractivity contribution in [2.24, 2.45) is 5.11 Å². The van der Waals surface area contributed by atoms with E-state index in [1.54, 1.807) is 6.07 Å². The molecule has 1 atom stereocenters. The van der Waals surface area contributed by atoms with Crippen molar-refractivity contribution in [1.82, 2.24) is 5.32 Å². The first-order chi connectivity index (χ1) is 9.06. The van der Waals surface area contributed by atoms with E-state index in [-0.39, 0.29) is 18.7 Å². The predicted molar refractivity (Wildman–Crippen MR) is 67.8 cm³/mol. The highest BCUT2D eigenvalue weighted by atomic mass is 19.1. The van der Waals surface area contributed by atoms with Gasteiger partial charge in [0.1, 0.15) is 11.4 Å². The maximum absolute atomic E-state index is 13.8. The molecule has 0 aromatic heterocycles. The first-order valence-electron chi connectivity index (χ1n) is 5.65. The highest BCUT2D eigenvalue weighted by Gasteiger charge is 2.37. The second-order valence-electron chi connectivity index (χ2n) is 3.98. The summed E-state index contributed by atoms with van der Waals surface area (Å²) >= 11 is 0. The van der Waals surface area contributed by atoms with Crippen molar-refractivity contribution in [3.63, 3.8) is 0 Å². The first kappa shape index (κ1) is 14.9. The molecule has 1 rings (SSSR count). The minimum absolute atomic E-state index is 0.150. The molecule has 0 bridgehead atoms. The van der Waals surface area contributed by atoms with E-state index < -0.39 is 17.3 Å². The van der Waals surface area contributed by atoms with Crippen LogP contribution in [0.4, 0.5) is 4.39 Å². The lowest BCUT2D eigenvalue weighted by molar-refractivity contribution is -0.148. The highest BCUT2D eigenvalue weighted by Crippen LogP contribution is 2.24. The largest absolute Gasteiger partial charge is 0.467 e. The van der Waals surface area contributed by atoms with Gasteiger partial charge < -0.3 is 4.74 Å². The van der Waals surface area contributed by atoms with Gasteiger partial charge in [0.05, 0.1) is 7.11 Å². The smallest absolute Gasteiger partial charge is 0.330 e. The Hall–Kier alpha value is -2.11. The lowest BCUT2D eigenvalue weighted by Crippen LogP contribution is -2.48. The second kappa shape index (κ2) is 6.72. The Bertz CT molecular complexity index is 502. The van der Waals surface area contributed by atoms with Gasteiger partial charge in [-0.3, -0.25) is 5.32 Å². The number of halogens is 1. The molecule has 6 nitrogen and oxygen atoms in total. The lowest BCUT2D eigenvalue weighted by Gasteiger charge is -2.28. The molecule has 1 unspecified atom stereocenters. The van der Waals surface area contributed by atoms with Gasteiger partial charge in [0.2, 0.25) is 0 Å². The minimum Gasteiger partial charge on any atom is -0.467 e. The van der Waals surface area contributed by atoms with E-state index in [0.717, 1.165) is 0 Å². The van der Waals surface area contributed by atoms with E-state index in [1.807, 2.05) is 0 Å². The van der Waals surface area contributed by atoms with Crippen LogP contribution >= 0.6 is 0 Å². The van der Waals surface area contributed by atoms with Crippen molar-refractivity contribution in [2.75, 3.05) is 20.2 Å². The Morgan fingerprint density at radius 1 is 1.58 bits per heavy atom. The molecule has 0 aliphatic rings. The molecule has 0 heterocycles. The molecule has 0 fully saturated rings. The van der Waals surface area contributed by atoms with Crippen molar-refractivity contribution >= 4 is 5.97 Å². The number of methoxy groups -OCH3 is 1. The SMILES string of the molecule is COC(=O)C(C)(NCCN=[N+]=[N-])c1ccccc1F. The van der Waals surface area contributed by atoms with E-state index in [0.29, 0.717) is 0 Å². The Balaban J connectivity index is 3.03. The summed E-state index contributed by atoms with van der Waals surface area (Å²) in [5.74, 6) is -1.12. The van der Waals surface area contributed by atoms with Crippen molar-refractivity contribution in [3.05, 3.63) is 46.1 Å². The van der Waals surface area contributed by atoms with Crippen molar-refractivity contribution < 1.29 is 13.9 Å². The summed E-state index contributed by atoms with van der Waals surface area (Å²) in [5, 5.41) is 6.21. The van der Waals surface area contributed by atoms with Gasteiger partial charge in [-0.2, -0.15) is 0 Å². The zero-order valence-corrected chi connectivity index (χ0v) is 10.8. The number of hydrogen-bond acceptors (Lipinski definition) is 4. The summed E-state index contributed by atoms with van der Waals surface area (Å²) in [6, 6.07) is 5.95. The van der Waals surface area contributed by atoms with Crippen LogP contribution in [0, 0.1) is 5.82 Å². The molecule has 1 aromatic carbocycles. The molecule has 0 saturated heterocycles. The van der Waals surface area contributed by atoms with Crippen LogP contribution in [-0.2, 0) is 15.1 Å². The van der Waals surface area contributed by atoms with Crippen molar-refractivity contribution in [3.8, 4) is 0 Å². The van der Waals surface area contributed by atoms with E-state index >= 15 is 0 Å². The van der Waals surface area contributed by atoms with E-state index in [1.165, 1.54) is 32.2 Å². The molecule has 0 radical (unpaired) electrons. The number of ether oxygens (including phenoxy) is 1. The molecule has 1 N–H and O–H groups in total. The zero-order chi connectivity index (χ0) is 14.3. The van der Waals surface area contributed by atoms with Gasteiger partial charge in [0.25, 0.3) is 0 Å². The zero-order valence-electron chi connectivity index (χ0n) is 10.8. The predicted octanol–water partition coefficient (Wildman–Crippen LogP) is 2.11. The van der Waals surface area contributed by atoms with Gasteiger partial charge in [-0.1, -0.05) is 23.3 Å². The number of azide groups is 1. The fourth-order valence-electron chi connectivity index (χ4n) is 1.75. The maximum atomic E-state index is 13.8.